The van der Waals surface area contributed by atoms with Crippen LogP contribution in [-0.2, 0) is 17.7 Å². The fourth-order valence-corrected chi connectivity index (χ4v) is 2.62. The molecule has 0 radical (unpaired) electrons. The number of hydrogen-bond acceptors (Lipinski definition) is 4. The molecule has 0 bridgehead atoms. The van der Waals surface area contributed by atoms with Crippen molar-refractivity contribution in [2.24, 2.45) is 0 Å². The molecule has 0 spiro atoms. The van der Waals surface area contributed by atoms with Crippen LogP contribution in [0.4, 0.5) is 4.79 Å². The Morgan fingerprint density at radius 3 is 2.62 bits per heavy atom. The number of amides is 1. The summed E-state index contributed by atoms with van der Waals surface area (Å²) in [6, 6.07) is 9.36. The Bertz CT molecular complexity index is 794. The Hall–Kier alpha value is -2.81. The van der Waals surface area contributed by atoms with Crippen LogP contribution in [-0.4, -0.2) is 32.9 Å². The molecule has 0 N–H and O–H groups in total. The van der Waals surface area contributed by atoms with Crippen molar-refractivity contribution in [3.8, 4) is 11.8 Å². The van der Waals surface area contributed by atoms with Crippen LogP contribution in [0.25, 0.3) is 5.69 Å². The van der Waals surface area contributed by atoms with Crippen LogP contribution < -0.4 is 0 Å². The van der Waals surface area contributed by atoms with E-state index in [4.69, 9.17) is 10.00 Å². The molecule has 0 unspecified atom stereocenters. The predicted molar refractivity (Wildman–Crippen MR) is 88.6 cm³/mol. The van der Waals surface area contributed by atoms with Crippen LogP contribution in [0.2, 0.25) is 0 Å². The van der Waals surface area contributed by atoms with Crippen molar-refractivity contribution in [2.45, 2.75) is 39.3 Å². The third kappa shape index (κ3) is 3.40. The van der Waals surface area contributed by atoms with Gasteiger partial charge >= 0.3 is 6.09 Å². The molecule has 1 aliphatic rings. The van der Waals surface area contributed by atoms with Gasteiger partial charge in [0.2, 0.25) is 0 Å². The number of ether oxygens (including phenoxy) is 1. The lowest BCUT2D eigenvalue weighted by Crippen LogP contribution is -2.39. The topological polar surface area (TPSA) is 71.2 Å². The Morgan fingerprint density at radius 2 is 2.00 bits per heavy atom. The van der Waals surface area contributed by atoms with Gasteiger partial charge in [0.05, 0.1) is 29.6 Å². The molecule has 6 nitrogen and oxygen atoms in total. The van der Waals surface area contributed by atoms with Crippen molar-refractivity contribution < 1.29 is 9.53 Å². The molecule has 3 rings (SSSR count). The van der Waals surface area contributed by atoms with Crippen molar-refractivity contribution in [1.82, 2.24) is 14.7 Å². The lowest BCUT2D eigenvalue weighted by molar-refractivity contribution is 0.0223. The van der Waals surface area contributed by atoms with Crippen LogP contribution >= 0.6 is 0 Å². The van der Waals surface area contributed by atoms with Gasteiger partial charge in [-0.3, -0.25) is 0 Å². The van der Waals surface area contributed by atoms with Crippen LogP contribution in [0, 0.1) is 11.3 Å². The zero-order valence-electron chi connectivity index (χ0n) is 14.1. The van der Waals surface area contributed by atoms with Gasteiger partial charge in [-0.25, -0.2) is 9.48 Å². The highest BCUT2D eigenvalue weighted by atomic mass is 16.6. The molecule has 0 atom stereocenters. The second kappa shape index (κ2) is 6.00. The summed E-state index contributed by atoms with van der Waals surface area (Å²) < 4.78 is 7.23. The molecule has 1 amide bonds. The molecule has 24 heavy (non-hydrogen) atoms. The van der Waals surface area contributed by atoms with Gasteiger partial charge in [-0.2, -0.15) is 10.4 Å². The highest BCUT2D eigenvalue weighted by molar-refractivity contribution is 5.68. The minimum Gasteiger partial charge on any atom is -0.444 e. The molecule has 1 aromatic heterocycles. The number of nitriles is 1. The van der Waals surface area contributed by atoms with Crippen molar-refractivity contribution in [3.05, 3.63) is 47.3 Å². The molecule has 0 aliphatic carbocycles. The van der Waals surface area contributed by atoms with Crippen molar-refractivity contribution in [1.29, 1.82) is 5.26 Å². The van der Waals surface area contributed by atoms with Gasteiger partial charge in [0.15, 0.2) is 0 Å². The third-order valence-corrected chi connectivity index (χ3v) is 3.77. The SMILES string of the molecule is CC(C)(C)OC(=O)N1CCc2nn(-c3ccc(C#N)cc3)cc2C1. The third-order valence-electron chi connectivity index (χ3n) is 3.77. The molecule has 0 saturated carbocycles. The van der Waals surface area contributed by atoms with Crippen LogP contribution in [0.3, 0.4) is 0 Å². The molecule has 2 aromatic rings. The zero-order chi connectivity index (χ0) is 17.3. The van der Waals surface area contributed by atoms with E-state index >= 15 is 0 Å². The molecule has 124 valence electrons. The lowest BCUT2D eigenvalue weighted by atomic mass is 10.1. The van der Waals surface area contributed by atoms with E-state index in [1.807, 2.05) is 39.1 Å². The second-order valence-electron chi connectivity index (χ2n) is 6.86. The maximum atomic E-state index is 12.2. The minimum atomic E-state index is -0.496. The highest BCUT2D eigenvalue weighted by Gasteiger charge is 2.27. The predicted octanol–water partition coefficient (Wildman–Crippen LogP) is 3.04. The molecule has 6 heteroatoms. The molecular weight excluding hydrogens is 304 g/mol. The first-order chi connectivity index (χ1) is 11.4. The Kier molecular flexibility index (Phi) is 4.02. The first-order valence-corrected chi connectivity index (χ1v) is 7.91. The second-order valence-corrected chi connectivity index (χ2v) is 6.86. The quantitative estimate of drug-likeness (QED) is 0.808. The first-order valence-electron chi connectivity index (χ1n) is 7.91. The number of carbonyl (C=O) groups is 1. The summed E-state index contributed by atoms with van der Waals surface area (Å²) in [6.45, 7) is 6.70. The van der Waals surface area contributed by atoms with E-state index in [0.717, 1.165) is 16.9 Å². The summed E-state index contributed by atoms with van der Waals surface area (Å²) in [5.41, 5.74) is 3.04. The fourth-order valence-electron chi connectivity index (χ4n) is 2.62. The smallest absolute Gasteiger partial charge is 0.410 e. The van der Waals surface area contributed by atoms with Crippen molar-refractivity contribution in [2.75, 3.05) is 6.54 Å². The number of nitrogens with zero attached hydrogens (tertiary/aromatic N) is 4. The molecule has 0 fully saturated rings. The van der Waals surface area contributed by atoms with E-state index in [1.165, 1.54) is 0 Å². The van der Waals surface area contributed by atoms with E-state index in [0.29, 0.717) is 25.1 Å². The summed E-state index contributed by atoms with van der Waals surface area (Å²) in [7, 11) is 0. The fraction of sp³-hybridized carbons (Fsp3) is 0.389. The Morgan fingerprint density at radius 1 is 1.29 bits per heavy atom. The van der Waals surface area contributed by atoms with Gasteiger partial charge < -0.3 is 9.64 Å². The number of benzene rings is 1. The van der Waals surface area contributed by atoms with Gasteiger partial charge in [-0.15, -0.1) is 0 Å². The van der Waals surface area contributed by atoms with Gasteiger partial charge in [-0.05, 0) is 45.0 Å². The average Bonchev–Trinajstić information content (AvgIpc) is 2.96. The van der Waals surface area contributed by atoms with Crippen molar-refractivity contribution >= 4 is 6.09 Å². The molecule has 2 heterocycles. The molecule has 1 aromatic carbocycles. The average molecular weight is 324 g/mol. The molecule has 0 saturated heterocycles. The number of rotatable bonds is 1. The largest absolute Gasteiger partial charge is 0.444 e. The van der Waals surface area contributed by atoms with Gasteiger partial charge in [0.25, 0.3) is 0 Å². The normalized spacial score (nSPS) is 14.0. The van der Waals surface area contributed by atoms with Gasteiger partial charge in [-0.1, -0.05) is 0 Å². The number of carbonyl (C=O) groups excluding carboxylic acids is 1. The minimum absolute atomic E-state index is 0.292. The summed E-state index contributed by atoms with van der Waals surface area (Å²) >= 11 is 0. The van der Waals surface area contributed by atoms with Gasteiger partial charge in [0, 0.05) is 24.7 Å². The highest BCUT2D eigenvalue weighted by Crippen LogP contribution is 2.21. The zero-order valence-corrected chi connectivity index (χ0v) is 14.1. The number of aromatic nitrogens is 2. The van der Waals surface area contributed by atoms with Crippen LogP contribution in [0.1, 0.15) is 37.6 Å². The van der Waals surface area contributed by atoms with E-state index in [1.54, 1.807) is 21.7 Å². The standard InChI is InChI=1S/C18H20N4O2/c1-18(2,3)24-17(23)21-9-8-16-14(11-21)12-22(20-16)15-6-4-13(10-19)5-7-15/h4-7,12H,8-9,11H2,1-3H3. The maximum absolute atomic E-state index is 12.2. The maximum Gasteiger partial charge on any atom is 0.410 e. The Balaban J connectivity index is 1.77. The molecular formula is C18H20N4O2. The monoisotopic (exact) mass is 324 g/mol. The van der Waals surface area contributed by atoms with E-state index < -0.39 is 5.60 Å². The molecule has 1 aliphatic heterocycles. The lowest BCUT2D eigenvalue weighted by Gasteiger charge is -2.29. The van der Waals surface area contributed by atoms with Crippen LogP contribution in [0.5, 0.6) is 0 Å². The number of hydrogen-bond donors (Lipinski definition) is 0. The van der Waals surface area contributed by atoms with Gasteiger partial charge in [0.1, 0.15) is 5.60 Å². The summed E-state index contributed by atoms with van der Waals surface area (Å²) in [4.78, 5) is 13.9. The Labute approximate surface area is 141 Å². The summed E-state index contributed by atoms with van der Waals surface area (Å²) in [5, 5.41) is 13.5. The van der Waals surface area contributed by atoms with E-state index in [-0.39, 0.29) is 6.09 Å². The van der Waals surface area contributed by atoms with Crippen LogP contribution in [0.15, 0.2) is 30.5 Å². The van der Waals surface area contributed by atoms with E-state index in [9.17, 15) is 4.79 Å². The van der Waals surface area contributed by atoms with E-state index in [2.05, 4.69) is 11.2 Å². The summed E-state index contributed by atoms with van der Waals surface area (Å²) in [6.07, 6.45) is 2.35. The first kappa shape index (κ1) is 16.1. The number of fused-ring (bicyclic) bond motifs is 1. The summed E-state index contributed by atoms with van der Waals surface area (Å²) in [5.74, 6) is 0. The van der Waals surface area contributed by atoms with Crippen molar-refractivity contribution in [3.63, 3.8) is 0 Å².